The molecular formula is C16H12FN3O. The maximum absolute atomic E-state index is 14.1. The van der Waals surface area contributed by atoms with Gasteiger partial charge in [0.25, 0.3) is 0 Å². The van der Waals surface area contributed by atoms with Gasteiger partial charge in [-0.2, -0.15) is 0 Å². The number of aromatic nitrogens is 3. The standard InChI is InChI=1S/C16H12FN3O/c17-13-7-4-8-14(15(13)16-19-10-18-11-20-16)21-9-12-5-2-1-3-6-12/h1-8,10-11H,9H2. The highest BCUT2D eigenvalue weighted by molar-refractivity contribution is 5.64. The van der Waals surface area contributed by atoms with Crippen LogP contribution in [-0.4, -0.2) is 15.0 Å². The molecule has 0 saturated carbocycles. The van der Waals surface area contributed by atoms with Gasteiger partial charge < -0.3 is 4.74 Å². The van der Waals surface area contributed by atoms with Gasteiger partial charge in [0.05, 0.1) is 5.56 Å². The highest BCUT2D eigenvalue weighted by Crippen LogP contribution is 2.30. The first-order valence-corrected chi connectivity index (χ1v) is 6.42. The Morgan fingerprint density at radius 2 is 1.67 bits per heavy atom. The summed E-state index contributed by atoms with van der Waals surface area (Å²) in [6.45, 7) is 0.350. The molecule has 0 unspecified atom stereocenters. The Balaban J connectivity index is 1.91. The molecule has 0 bridgehead atoms. The van der Waals surface area contributed by atoms with E-state index in [2.05, 4.69) is 15.0 Å². The summed E-state index contributed by atoms with van der Waals surface area (Å²) in [5.74, 6) is 0.239. The molecule has 0 saturated heterocycles. The van der Waals surface area contributed by atoms with Gasteiger partial charge in [0.2, 0.25) is 0 Å². The van der Waals surface area contributed by atoms with Gasteiger partial charge in [0.15, 0.2) is 5.82 Å². The predicted octanol–water partition coefficient (Wildman–Crippen LogP) is 3.26. The molecule has 3 rings (SSSR count). The maximum atomic E-state index is 14.1. The minimum atomic E-state index is -0.424. The molecule has 0 spiro atoms. The van der Waals surface area contributed by atoms with E-state index < -0.39 is 5.82 Å². The van der Waals surface area contributed by atoms with Crippen LogP contribution >= 0.6 is 0 Å². The lowest BCUT2D eigenvalue weighted by Crippen LogP contribution is -2.00. The molecule has 104 valence electrons. The van der Waals surface area contributed by atoms with Crippen molar-refractivity contribution in [1.82, 2.24) is 15.0 Å². The van der Waals surface area contributed by atoms with Gasteiger partial charge >= 0.3 is 0 Å². The SMILES string of the molecule is Fc1cccc(OCc2ccccc2)c1-c1ncncn1. The van der Waals surface area contributed by atoms with Crippen LogP contribution in [0.4, 0.5) is 4.39 Å². The number of nitrogens with zero attached hydrogens (tertiary/aromatic N) is 3. The number of hydrogen-bond donors (Lipinski definition) is 0. The Kier molecular flexibility index (Phi) is 3.82. The van der Waals surface area contributed by atoms with Crippen LogP contribution in [0.15, 0.2) is 61.2 Å². The number of rotatable bonds is 4. The topological polar surface area (TPSA) is 47.9 Å². The maximum Gasteiger partial charge on any atom is 0.169 e. The molecule has 0 N–H and O–H groups in total. The van der Waals surface area contributed by atoms with Crippen molar-refractivity contribution in [2.45, 2.75) is 6.61 Å². The van der Waals surface area contributed by atoms with Crippen LogP contribution in [0.25, 0.3) is 11.4 Å². The summed E-state index contributed by atoms with van der Waals surface area (Å²) in [4.78, 5) is 11.7. The summed E-state index contributed by atoms with van der Waals surface area (Å²) >= 11 is 0. The Bertz CT molecular complexity index is 720. The molecule has 0 radical (unpaired) electrons. The van der Waals surface area contributed by atoms with Gasteiger partial charge in [-0.3, -0.25) is 0 Å². The molecule has 3 aromatic rings. The van der Waals surface area contributed by atoms with E-state index in [1.165, 1.54) is 18.7 Å². The highest BCUT2D eigenvalue weighted by atomic mass is 19.1. The Morgan fingerprint density at radius 1 is 0.905 bits per heavy atom. The van der Waals surface area contributed by atoms with Gasteiger partial charge in [0.1, 0.15) is 30.8 Å². The summed E-state index contributed by atoms with van der Waals surface area (Å²) in [6.07, 6.45) is 2.66. The smallest absolute Gasteiger partial charge is 0.169 e. The largest absolute Gasteiger partial charge is 0.488 e. The molecular weight excluding hydrogens is 269 g/mol. The van der Waals surface area contributed by atoms with Crippen molar-refractivity contribution in [3.05, 3.63) is 72.6 Å². The molecule has 0 aliphatic carbocycles. The highest BCUT2D eigenvalue weighted by Gasteiger charge is 2.14. The van der Waals surface area contributed by atoms with E-state index in [1.54, 1.807) is 12.1 Å². The molecule has 21 heavy (non-hydrogen) atoms. The fourth-order valence-electron chi connectivity index (χ4n) is 1.95. The molecule has 0 amide bonds. The van der Waals surface area contributed by atoms with E-state index in [0.29, 0.717) is 12.4 Å². The summed E-state index contributed by atoms with van der Waals surface area (Å²) in [6, 6.07) is 14.3. The second kappa shape index (κ2) is 6.09. The van der Waals surface area contributed by atoms with Crippen molar-refractivity contribution >= 4 is 0 Å². The normalized spacial score (nSPS) is 10.3. The molecule has 0 atom stereocenters. The number of halogens is 1. The van der Waals surface area contributed by atoms with Crippen molar-refractivity contribution in [1.29, 1.82) is 0 Å². The first-order chi connectivity index (χ1) is 10.3. The van der Waals surface area contributed by atoms with Crippen molar-refractivity contribution in [3.8, 4) is 17.1 Å². The van der Waals surface area contributed by atoms with Gasteiger partial charge in [-0.25, -0.2) is 19.3 Å². The zero-order valence-corrected chi connectivity index (χ0v) is 11.1. The minimum Gasteiger partial charge on any atom is -0.488 e. The van der Waals surface area contributed by atoms with Crippen LogP contribution < -0.4 is 4.74 Å². The molecule has 0 aliphatic heterocycles. The molecule has 0 aliphatic rings. The predicted molar refractivity (Wildman–Crippen MR) is 76.0 cm³/mol. The van der Waals surface area contributed by atoms with Crippen molar-refractivity contribution < 1.29 is 9.13 Å². The second-order valence-electron chi connectivity index (χ2n) is 4.35. The number of benzene rings is 2. The molecule has 1 aromatic heterocycles. The van der Waals surface area contributed by atoms with Crippen LogP contribution in [0.3, 0.4) is 0 Å². The van der Waals surface area contributed by atoms with E-state index in [0.717, 1.165) is 5.56 Å². The third-order valence-corrected chi connectivity index (χ3v) is 2.93. The zero-order valence-electron chi connectivity index (χ0n) is 11.1. The monoisotopic (exact) mass is 281 g/mol. The minimum absolute atomic E-state index is 0.246. The summed E-state index contributed by atoms with van der Waals surface area (Å²) < 4.78 is 19.8. The van der Waals surface area contributed by atoms with E-state index in [1.807, 2.05) is 30.3 Å². The molecule has 1 heterocycles. The second-order valence-corrected chi connectivity index (χ2v) is 4.35. The van der Waals surface area contributed by atoms with Crippen molar-refractivity contribution in [3.63, 3.8) is 0 Å². The summed E-state index contributed by atoms with van der Waals surface area (Å²) in [7, 11) is 0. The first-order valence-electron chi connectivity index (χ1n) is 6.42. The lowest BCUT2D eigenvalue weighted by molar-refractivity contribution is 0.306. The third kappa shape index (κ3) is 3.02. The van der Waals surface area contributed by atoms with Gasteiger partial charge in [-0.1, -0.05) is 36.4 Å². The lowest BCUT2D eigenvalue weighted by atomic mass is 10.1. The first kappa shape index (κ1) is 13.2. The summed E-state index contributed by atoms with van der Waals surface area (Å²) in [5, 5.41) is 0. The van der Waals surface area contributed by atoms with E-state index in [4.69, 9.17) is 4.74 Å². The van der Waals surface area contributed by atoms with Crippen LogP contribution in [0.1, 0.15) is 5.56 Å². The van der Waals surface area contributed by atoms with E-state index in [-0.39, 0.29) is 11.4 Å². The molecule has 4 nitrogen and oxygen atoms in total. The fourth-order valence-corrected chi connectivity index (χ4v) is 1.95. The average Bonchev–Trinajstić information content (AvgIpc) is 2.55. The van der Waals surface area contributed by atoms with Crippen molar-refractivity contribution in [2.24, 2.45) is 0 Å². The van der Waals surface area contributed by atoms with Gasteiger partial charge in [-0.15, -0.1) is 0 Å². The number of ether oxygens (including phenoxy) is 1. The molecule has 2 aromatic carbocycles. The molecule has 0 fully saturated rings. The quantitative estimate of drug-likeness (QED) is 0.736. The zero-order chi connectivity index (χ0) is 14.5. The van der Waals surface area contributed by atoms with Crippen LogP contribution in [0.2, 0.25) is 0 Å². The van der Waals surface area contributed by atoms with Crippen LogP contribution in [0, 0.1) is 5.82 Å². The van der Waals surface area contributed by atoms with Crippen LogP contribution in [-0.2, 0) is 6.61 Å². The van der Waals surface area contributed by atoms with Crippen LogP contribution in [0.5, 0.6) is 5.75 Å². The lowest BCUT2D eigenvalue weighted by Gasteiger charge is -2.11. The fraction of sp³-hybridized carbons (Fsp3) is 0.0625. The van der Waals surface area contributed by atoms with Crippen molar-refractivity contribution in [2.75, 3.05) is 0 Å². The Morgan fingerprint density at radius 3 is 2.43 bits per heavy atom. The number of hydrogen-bond acceptors (Lipinski definition) is 4. The van der Waals surface area contributed by atoms with E-state index in [9.17, 15) is 4.39 Å². The third-order valence-electron chi connectivity index (χ3n) is 2.93. The van der Waals surface area contributed by atoms with Gasteiger partial charge in [0, 0.05) is 0 Å². The molecule has 5 heteroatoms. The average molecular weight is 281 g/mol. The van der Waals surface area contributed by atoms with E-state index >= 15 is 0 Å². The van der Waals surface area contributed by atoms with Gasteiger partial charge in [-0.05, 0) is 17.7 Å². The summed E-state index contributed by atoms with van der Waals surface area (Å²) in [5.41, 5.74) is 1.25. The Hall–Kier alpha value is -2.82. The Labute approximate surface area is 121 Å².